The van der Waals surface area contributed by atoms with Crippen molar-refractivity contribution < 1.29 is 14.3 Å². The number of nitrogens with two attached hydrogens (primary N) is 1. The second-order valence-electron chi connectivity index (χ2n) is 5.46. The predicted octanol–water partition coefficient (Wildman–Crippen LogP) is 2.64. The van der Waals surface area contributed by atoms with Gasteiger partial charge in [-0.25, -0.2) is 0 Å². The van der Waals surface area contributed by atoms with Gasteiger partial charge >= 0.3 is 5.97 Å². The molecular formula is C15H29NO3. The second-order valence-corrected chi connectivity index (χ2v) is 5.46. The molecule has 1 fully saturated rings. The van der Waals surface area contributed by atoms with E-state index in [2.05, 4.69) is 6.92 Å². The zero-order valence-corrected chi connectivity index (χ0v) is 12.5. The third kappa shape index (κ3) is 4.77. The number of hydrogen-bond donors (Lipinski definition) is 1. The van der Waals surface area contributed by atoms with E-state index in [0.29, 0.717) is 13.2 Å². The maximum absolute atomic E-state index is 12.0. The highest BCUT2D eigenvalue weighted by molar-refractivity contribution is 5.81. The second kappa shape index (κ2) is 8.54. The molecule has 0 heterocycles. The summed E-state index contributed by atoms with van der Waals surface area (Å²) in [6.07, 6.45) is 7.16. The van der Waals surface area contributed by atoms with Gasteiger partial charge in [0, 0.05) is 13.2 Å². The van der Waals surface area contributed by atoms with E-state index >= 15 is 0 Å². The topological polar surface area (TPSA) is 61.5 Å². The van der Waals surface area contributed by atoms with Crippen LogP contribution in [0.1, 0.15) is 58.8 Å². The third-order valence-corrected chi connectivity index (χ3v) is 4.03. The van der Waals surface area contributed by atoms with Crippen molar-refractivity contribution >= 4 is 5.97 Å². The Bertz CT molecular complexity index is 270. The molecule has 2 atom stereocenters. The SMILES string of the molecule is CCCCCOCCC1CCCC1(N)C(=O)OCC. The normalized spacial score (nSPS) is 26.6. The lowest BCUT2D eigenvalue weighted by atomic mass is 9.86. The Morgan fingerprint density at radius 2 is 2.11 bits per heavy atom. The molecule has 2 unspecified atom stereocenters. The minimum Gasteiger partial charge on any atom is -0.465 e. The van der Waals surface area contributed by atoms with Gasteiger partial charge in [0.15, 0.2) is 0 Å². The van der Waals surface area contributed by atoms with E-state index in [1.807, 2.05) is 6.92 Å². The minimum atomic E-state index is -0.775. The molecule has 0 aromatic carbocycles. The zero-order valence-electron chi connectivity index (χ0n) is 12.5. The van der Waals surface area contributed by atoms with Crippen LogP contribution >= 0.6 is 0 Å². The molecule has 0 amide bonds. The highest BCUT2D eigenvalue weighted by Gasteiger charge is 2.46. The smallest absolute Gasteiger partial charge is 0.326 e. The Morgan fingerprint density at radius 3 is 2.79 bits per heavy atom. The van der Waals surface area contributed by atoms with Crippen molar-refractivity contribution in [2.24, 2.45) is 11.7 Å². The summed E-state index contributed by atoms with van der Waals surface area (Å²) in [6, 6.07) is 0. The van der Waals surface area contributed by atoms with E-state index in [9.17, 15) is 4.79 Å². The van der Waals surface area contributed by atoms with Crippen molar-refractivity contribution in [3.63, 3.8) is 0 Å². The average Bonchev–Trinajstić information content (AvgIpc) is 2.77. The first-order valence-electron chi connectivity index (χ1n) is 7.69. The monoisotopic (exact) mass is 271 g/mol. The standard InChI is InChI=1S/C15H29NO3/c1-3-5-6-11-18-12-9-13-8-7-10-15(13,16)14(17)19-4-2/h13H,3-12,16H2,1-2H3. The molecule has 19 heavy (non-hydrogen) atoms. The van der Waals surface area contributed by atoms with E-state index in [1.54, 1.807) is 0 Å². The van der Waals surface area contributed by atoms with Crippen LogP contribution in [0.2, 0.25) is 0 Å². The van der Waals surface area contributed by atoms with Crippen LogP contribution in [0.25, 0.3) is 0 Å². The summed E-state index contributed by atoms with van der Waals surface area (Å²) in [5, 5.41) is 0. The van der Waals surface area contributed by atoms with Crippen molar-refractivity contribution in [1.29, 1.82) is 0 Å². The van der Waals surface area contributed by atoms with Crippen LogP contribution in [-0.4, -0.2) is 31.3 Å². The van der Waals surface area contributed by atoms with Crippen LogP contribution in [0.4, 0.5) is 0 Å². The van der Waals surface area contributed by atoms with Gasteiger partial charge in [-0.05, 0) is 38.5 Å². The Hall–Kier alpha value is -0.610. The maximum Gasteiger partial charge on any atom is 0.326 e. The van der Waals surface area contributed by atoms with Crippen molar-refractivity contribution in [2.75, 3.05) is 19.8 Å². The molecule has 0 spiro atoms. The van der Waals surface area contributed by atoms with Gasteiger partial charge in [0.05, 0.1) is 6.61 Å². The van der Waals surface area contributed by atoms with Gasteiger partial charge in [-0.15, -0.1) is 0 Å². The molecule has 4 heteroatoms. The fraction of sp³-hybridized carbons (Fsp3) is 0.933. The van der Waals surface area contributed by atoms with Crippen molar-refractivity contribution in [1.82, 2.24) is 0 Å². The molecule has 0 bridgehead atoms. The number of unbranched alkanes of at least 4 members (excludes halogenated alkanes) is 2. The van der Waals surface area contributed by atoms with E-state index < -0.39 is 5.54 Å². The molecule has 0 saturated heterocycles. The number of carbonyl (C=O) groups is 1. The first-order valence-corrected chi connectivity index (χ1v) is 7.69. The van der Waals surface area contributed by atoms with Gasteiger partial charge in [-0.1, -0.05) is 26.2 Å². The number of carbonyl (C=O) groups excluding carboxylic acids is 1. The fourth-order valence-corrected chi connectivity index (χ4v) is 2.82. The van der Waals surface area contributed by atoms with Gasteiger partial charge in [0.1, 0.15) is 5.54 Å². The lowest BCUT2D eigenvalue weighted by Gasteiger charge is -2.28. The first-order chi connectivity index (χ1) is 9.15. The molecule has 0 aliphatic heterocycles. The third-order valence-electron chi connectivity index (χ3n) is 4.03. The lowest BCUT2D eigenvalue weighted by Crippen LogP contribution is -2.52. The molecule has 1 aliphatic rings. The molecule has 2 N–H and O–H groups in total. The summed E-state index contributed by atoms with van der Waals surface area (Å²) in [5.74, 6) is -0.0267. The van der Waals surface area contributed by atoms with Crippen LogP contribution in [0.5, 0.6) is 0 Å². The summed E-state index contributed by atoms with van der Waals surface area (Å²) in [6.45, 7) is 5.92. The molecule has 0 aromatic rings. The van der Waals surface area contributed by atoms with E-state index in [4.69, 9.17) is 15.2 Å². The Morgan fingerprint density at radius 1 is 1.32 bits per heavy atom. The molecule has 4 nitrogen and oxygen atoms in total. The molecule has 112 valence electrons. The largest absolute Gasteiger partial charge is 0.465 e. The highest BCUT2D eigenvalue weighted by Crippen LogP contribution is 2.37. The lowest BCUT2D eigenvalue weighted by molar-refractivity contribution is -0.151. The van der Waals surface area contributed by atoms with Gasteiger partial charge in [-0.3, -0.25) is 4.79 Å². The number of rotatable bonds is 9. The Labute approximate surface area is 117 Å². The van der Waals surface area contributed by atoms with Crippen LogP contribution in [-0.2, 0) is 14.3 Å². The Kier molecular flexibility index (Phi) is 7.39. The van der Waals surface area contributed by atoms with Crippen molar-refractivity contribution in [2.45, 2.75) is 64.3 Å². The highest BCUT2D eigenvalue weighted by atomic mass is 16.5. The minimum absolute atomic E-state index is 0.206. The zero-order chi connectivity index (χ0) is 14.1. The number of esters is 1. The van der Waals surface area contributed by atoms with E-state index in [1.165, 1.54) is 12.8 Å². The summed E-state index contributed by atoms with van der Waals surface area (Å²) in [7, 11) is 0. The summed E-state index contributed by atoms with van der Waals surface area (Å²) in [4.78, 5) is 12.0. The van der Waals surface area contributed by atoms with Crippen LogP contribution in [0, 0.1) is 5.92 Å². The van der Waals surface area contributed by atoms with Gasteiger partial charge in [0.25, 0.3) is 0 Å². The average molecular weight is 271 g/mol. The molecule has 1 rings (SSSR count). The summed E-state index contributed by atoms with van der Waals surface area (Å²) in [5.41, 5.74) is 5.49. The van der Waals surface area contributed by atoms with Gasteiger partial charge in [0.2, 0.25) is 0 Å². The predicted molar refractivity (Wildman–Crippen MR) is 75.9 cm³/mol. The number of ether oxygens (including phenoxy) is 2. The summed E-state index contributed by atoms with van der Waals surface area (Å²) < 4.78 is 10.7. The molecular weight excluding hydrogens is 242 g/mol. The van der Waals surface area contributed by atoms with E-state index in [0.717, 1.165) is 38.7 Å². The first kappa shape index (κ1) is 16.4. The van der Waals surface area contributed by atoms with Gasteiger partial charge < -0.3 is 15.2 Å². The number of hydrogen-bond acceptors (Lipinski definition) is 4. The fourth-order valence-electron chi connectivity index (χ4n) is 2.82. The quantitative estimate of drug-likeness (QED) is 0.517. The van der Waals surface area contributed by atoms with Crippen LogP contribution < -0.4 is 5.73 Å². The maximum atomic E-state index is 12.0. The van der Waals surface area contributed by atoms with Crippen molar-refractivity contribution in [3.05, 3.63) is 0 Å². The van der Waals surface area contributed by atoms with Crippen molar-refractivity contribution in [3.8, 4) is 0 Å². The molecule has 1 aliphatic carbocycles. The molecule has 1 saturated carbocycles. The summed E-state index contributed by atoms with van der Waals surface area (Å²) >= 11 is 0. The van der Waals surface area contributed by atoms with Crippen LogP contribution in [0.15, 0.2) is 0 Å². The molecule has 0 aromatic heterocycles. The van der Waals surface area contributed by atoms with E-state index in [-0.39, 0.29) is 11.9 Å². The van der Waals surface area contributed by atoms with Crippen LogP contribution in [0.3, 0.4) is 0 Å². The van der Waals surface area contributed by atoms with Gasteiger partial charge in [-0.2, -0.15) is 0 Å². The Balaban J connectivity index is 2.29. The molecule has 0 radical (unpaired) electrons.